The van der Waals surface area contributed by atoms with Crippen LogP contribution in [0.4, 0.5) is 10.7 Å². The molecule has 1 aromatic heterocycles. The van der Waals surface area contributed by atoms with Crippen LogP contribution in [0.25, 0.3) is 0 Å². The molecule has 16 heavy (non-hydrogen) atoms. The zero-order valence-electron chi connectivity index (χ0n) is 10.5. The Labute approximate surface area is 102 Å². The fourth-order valence-electron chi connectivity index (χ4n) is 2.11. The van der Waals surface area contributed by atoms with Crippen molar-refractivity contribution in [1.82, 2.24) is 4.48 Å². The molecule has 0 saturated carbocycles. The van der Waals surface area contributed by atoms with E-state index in [0.717, 1.165) is 29.1 Å². The van der Waals surface area contributed by atoms with Crippen LogP contribution < -0.4 is 9.80 Å². The molecule has 0 bridgehead atoms. The molecule has 0 fully saturated rings. The van der Waals surface area contributed by atoms with Crippen LogP contribution in [-0.4, -0.2) is 25.5 Å². The zero-order chi connectivity index (χ0) is 12.2. The molecule has 4 heteroatoms. The topological polar surface area (TPSA) is 29.1 Å². The van der Waals surface area contributed by atoms with Crippen LogP contribution in [0.5, 0.6) is 0 Å². The molecule has 1 rings (SSSR count). The van der Waals surface area contributed by atoms with Gasteiger partial charge in [0.05, 0.1) is 19.6 Å². The number of thiophene rings is 1. The summed E-state index contributed by atoms with van der Waals surface area (Å²) in [7, 11) is 0. The Kier molecular flexibility index (Phi) is 4.50. The van der Waals surface area contributed by atoms with E-state index in [1.165, 1.54) is 5.69 Å². The van der Waals surface area contributed by atoms with Gasteiger partial charge in [0.25, 0.3) is 0 Å². The molecule has 0 radical (unpaired) electrons. The molecule has 0 aromatic carbocycles. The standard InChI is InChI=1S/C12H20N2OS/c1-5-14(6-2,7-3)11-8-9-16-12(11)13-10(4)15/h8-9H,5-7H2,1-4H3/p+1. The monoisotopic (exact) mass is 241 g/mol. The maximum Gasteiger partial charge on any atom is 0.222 e. The van der Waals surface area contributed by atoms with Crippen LogP contribution in [0.1, 0.15) is 27.7 Å². The number of hydrogen-bond donors (Lipinski definition) is 1. The lowest BCUT2D eigenvalue weighted by Crippen LogP contribution is -2.48. The SMILES string of the molecule is CC[N+](CC)(CC)c1ccsc1NC(C)=O. The highest BCUT2D eigenvalue weighted by Gasteiger charge is 2.28. The van der Waals surface area contributed by atoms with E-state index in [4.69, 9.17) is 0 Å². The van der Waals surface area contributed by atoms with Crippen LogP contribution in [0.3, 0.4) is 0 Å². The number of nitrogens with one attached hydrogen (secondary N) is 1. The van der Waals surface area contributed by atoms with E-state index in [2.05, 4.69) is 37.5 Å². The van der Waals surface area contributed by atoms with Gasteiger partial charge in [-0.3, -0.25) is 9.28 Å². The number of amides is 1. The molecular formula is C12H21N2OS+. The van der Waals surface area contributed by atoms with Gasteiger partial charge in [0.1, 0.15) is 0 Å². The summed E-state index contributed by atoms with van der Waals surface area (Å²) in [5.74, 6) is 0.00473. The summed E-state index contributed by atoms with van der Waals surface area (Å²) in [6.07, 6.45) is 0. The van der Waals surface area contributed by atoms with Crippen molar-refractivity contribution in [3.63, 3.8) is 0 Å². The van der Waals surface area contributed by atoms with E-state index in [-0.39, 0.29) is 5.91 Å². The van der Waals surface area contributed by atoms with E-state index in [1.54, 1.807) is 18.3 Å². The average Bonchev–Trinajstić information content (AvgIpc) is 2.70. The summed E-state index contributed by atoms with van der Waals surface area (Å²) in [6.45, 7) is 11.3. The second kappa shape index (κ2) is 5.46. The molecule has 1 heterocycles. The van der Waals surface area contributed by atoms with E-state index >= 15 is 0 Å². The van der Waals surface area contributed by atoms with Gasteiger partial charge in [0, 0.05) is 13.0 Å². The first kappa shape index (κ1) is 13.2. The maximum atomic E-state index is 11.1. The van der Waals surface area contributed by atoms with Gasteiger partial charge in [-0.05, 0) is 26.2 Å². The van der Waals surface area contributed by atoms with E-state index in [9.17, 15) is 4.79 Å². The third-order valence-corrected chi connectivity index (χ3v) is 4.08. The van der Waals surface area contributed by atoms with Crippen molar-refractivity contribution in [3.05, 3.63) is 11.4 Å². The predicted octanol–water partition coefficient (Wildman–Crippen LogP) is 3.07. The van der Waals surface area contributed by atoms with Crippen LogP contribution >= 0.6 is 11.3 Å². The van der Waals surface area contributed by atoms with Gasteiger partial charge in [-0.15, -0.1) is 11.3 Å². The number of quaternary nitrogens is 1. The minimum atomic E-state index is 0.00473. The Morgan fingerprint density at radius 1 is 1.31 bits per heavy atom. The Bertz CT molecular complexity index is 347. The summed E-state index contributed by atoms with van der Waals surface area (Å²) < 4.78 is 0.930. The van der Waals surface area contributed by atoms with Gasteiger partial charge in [-0.25, -0.2) is 0 Å². The van der Waals surface area contributed by atoms with Crippen LogP contribution in [-0.2, 0) is 4.79 Å². The smallest absolute Gasteiger partial charge is 0.222 e. The second-order valence-corrected chi connectivity index (χ2v) is 4.83. The largest absolute Gasteiger partial charge is 0.313 e. The maximum absolute atomic E-state index is 11.1. The number of hydrogen-bond acceptors (Lipinski definition) is 2. The van der Waals surface area contributed by atoms with Crippen LogP contribution in [0, 0.1) is 0 Å². The summed E-state index contributed by atoms with van der Waals surface area (Å²) in [5, 5.41) is 5.97. The van der Waals surface area contributed by atoms with Crippen LogP contribution in [0.15, 0.2) is 11.4 Å². The molecule has 0 saturated heterocycles. The van der Waals surface area contributed by atoms with E-state index in [0.29, 0.717) is 0 Å². The number of carbonyl (C=O) groups excluding carboxylic acids is 1. The van der Waals surface area contributed by atoms with E-state index in [1.807, 2.05) is 0 Å². The molecule has 1 aromatic rings. The molecule has 0 aliphatic carbocycles. The van der Waals surface area contributed by atoms with Crippen molar-refractivity contribution in [1.29, 1.82) is 0 Å². The van der Waals surface area contributed by atoms with Gasteiger partial charge in [0.2, 0.25) is 5.91 Å². The first-order chi connectivity index (χ1) is 7.59. The first-order valence-corrected chi connectivity index (χ1v) is 6.69. The van der Waals surface area contributed by atoms with Gasteiger partial charge >= 0.3 is 0 Å². The van der Waals surface area contributed by atoms with Gasteiger partial charge in [0.15, 0.2) is 10.7 Å². The molecular weight excluding hydrogens is 220 g/mol. The highest BCUT2D eigenvalue weighted by molar-refractivity contribution is 7.15. The Balaban J connectivity index is 3.09. The van der Waals surface area contributed by atoms with Crippen molar-refractivity contribution in [2.75, 3.05) is 25.0 Å². The summed E-state index contributed by atoms with van der Waals surface area (Å²) >= 11 is 1.60. The van der Waals surface area contributed by atoms with E-state index < -0.39 is 0 Å². The summed E-state index contributed by atoms with van der Waals surface area (Å²) in [6, 6.07) is 2.13. The fraction of sp³-hybridized carbons (Fsp3) is 0.583. The highest BCUT2D eigenvalue weighted by Crippen LogP contribution is 2.36. The number of carbonyl (C=O) groups is 1. The lowest BCUT2D eigenvalue weighted by atomic mass is 10.3. The highest BCUT2D eigenvalue weighted by atomic mass is 32.1. The van der Waals surface area contributed by atoms with Crippen LogP contribution in [0.2, 0.25) is 0 Å². The number of anilines is 1. The number of rotatable bonds is 5. The molecule has 0 spiro atoms. The minimum absolute atomic E-state index is 0.00473. The lowest BCUT2D eigenvalue weighted by molar-refractivity contribution is -0.114. The molecule has 0 aliphatic heterocycles. The molecule has 0 atom stereocenters. The van der Waals surface area contributed by atoms with Crippen molar-refractivity contribution in [2.45, 2.75) is 27.7 Å². The van der Waals surface area contributed by atoms with Crippen molar-refractivity contribution in [2.24, 2.45) is 0 Å². The molecule has 0 aliphatic rings. The van der Waals surface area contributed by atoms with Crippen molar-refractivity contribution in [3.8, 4) is 0 Å². The minimum Gasteiger partial charge on any atom is -0.313 e. The molecule has 1 N–H and O–H groups in total. The zero-order valence-corrected chi connectivity index (χ0v) is 11.4. The Morgan fingerprint density at radius 3 is 2.31 bits per heavy atom. The third kappa shape index (κ3) is 2.44. The Hall–Kier alpha value is -0.870. The van der Waals surface area contributed by atoms with Crippen molar-refractivity contribution < 1.29 is 4.79 Å². The molecule has 1 amide bonds. The van der Waals surface area contributed by atoms with Gasteiger partial charge in [-0.2, -0.15) is 0 Å². The quantitative estimate of drug-likeness (QED) is 0.789. The molecule has 90 valence electrons. The number of nitrogens with zero attached hydrogens (tertiary/aromatic N) is 1. The van der Waals surface area contributed by atoms with Gasteiger partial charge < -0.3 is 5.32 Å². The second-order valence-electron chi connectivity index (χ2n) is 3.91. The molecule has 3 nitrogen and oxygen atoms in total. The van der Waals surface area contributed by atoms with Crippen molar-refractivity contribution >= 4 is 27.9 Å². The average molecular weight is 241 g/mol. The lowest BCUT2D eigenvalue weighted by Gasteiger charge is -2.35. The fourth-order valence-corrected chi connectivity index (χ4v) is 3.03. The third-order valence-electron chi connectivity index (χ3n) is 3.26. The summed E-state index contributed by atoms with van der Waals surface area (Å²) in [5.41, 5.74) is 1.24. The van der Waals surface area contributed by atoms with Gasteiger partial charge in [-0.1, -0.05) is 0 Å². The normalized spacial score (nSPS) is 11.5. The predicted molar refractivity (Wildman–Crippen MR) is 72.0 cm³/mol. The summed E-state index contributed by atoms with van der Waals surface area (Å²) in [4.78, 5) is 11.1. The Morgan fingerprint density at radius 2 is 1.88 bits per heavy atom. The molecule has 0 unspecified atom stereocenters. The first-order valence-electron chi connectivity index (χ1n) is 5.81.